The third-order valence-electron chi connectivity index (χ3n) is 5.09. The van der Waals surface area contributed by atoms with Crippen LogP contribution in [0.3, 0.4) is 0 Å². The van der Waals surface area contributed by atoms with Gasteiger partial charge >= 0.3 is 6.18 Å². The number of guanidine groups is 1. The highest BCUT2D eigenvalue weighted by molar-refractivity contribution is 14.0. The fraction of sp³-hybridized carbons (Fsp3) is 0.682. The fourth-order valence-corrected chi connectivity index (χ4v) is 3.67. The number of nitrogens with zero attached hydrogens (tertiary/aromatic N) is 2. The number of aryl methyl sites for hydroxylation is 1. The molecule has 184 valence electrons. The van der Waals surface area contributed by atoms with Gasteiger partial charge in [-0.05, 0) is 63.3 Å². The Kier molecular flexibility index (Phi) is 13.1. The molecule has 1 fully saturated rings. The second-order valence-electron chi connectivity index (χ2n) is 7.67. The lowest BCUT2D eigenvalue weighted by Gasteiger charge is -2.17. The summed E-state index contributed by atoms with van der Waals surface area (Å²) < 4.78 is 48.6. The summed E-state index contributed by atoms with van der Waals surface area (Å²) in [6.07, 6.45) is -1.60. The van der Waals surface area contributed by atoms with E-state index in [0.29, 0.717) is 32.2 Å². The number of likely N-dealkylation sites (tertiary alicyclic amines) is 1. The molecule has 1 aliphatic rings. The molecule has 2 N–H and O–H groups in total. The second kappa shape index (κ2) is 14.7. The first-order valence-electron chi connectivity index (χ1n) is 11.0. The number of alkyl halides is 3. The quantitative estimate of drug-likeness (QED) is 0.181. The van der Waals surface area contributed by atoms with Crippen molar-refractivity contribution in [1.82, 2.24) is 15.5 Å². The molecule has 1 aliphatic heterocycles. The van der Waals surface area contributed by atoms with E-state index in [0.717, 1.165) is 43.9 Å². The molecule has 0 bridgehead atoms. The number of ether oxygens (including phenoxy) is 2. The minimum absolute atomic E-state index is 0. The summed E-state index contributed by atoms with van der Waals surface area (Å²) in [4.78, 5) is 6.05. The molecule has 32 heavy (non-hydrogen) atoms. The normalized spacial score (nSPS) is 17.1. The topological polar surface area (TPSA) is 58.1 Å². The number of halogens is 4. The number of rotatable bonds is 11. The Morgan fingerprint density at radius 1 is 1.22 bits per heavy atom. The summed E-state index contributed by atoms with van der Waals surface area (Å²) in [6, 6.07) is 5.96. The Labute approximate surface area is 206 Å². The predicted molar refractivity (Wildman–Crippen MR) is 132 cm³/mol. The van der Waals surface area contributed by atoms with Crippen molar-refractivity contribution in [3.8, 4) is 11.5 Å². The molecule has 10 heteroatoms. The van der Waals surface area contributed by atoms with Gasteiger partial charge in [-0.3, -0.25) is 9.89 Å². The number of nitrogens with one attached hydrogen (secondary N) is 2. The highest BCUT2D eigenvalue weighted by atomic mass is 127. The Hall–Kier alpha value is -1.43. The van der Waals surface area contributed by atoms with E-state index in [1.165, 1.54) is 10.5 Å². The van der Waals surface area contributed by atoms with E-state index in [1.807, 2.05) is 32.0 Å². The molecule has 0 radical (unpaired) electrons. The van der Waals surface area contributed by atoms with Gasteiger partial charge in [-0.1, -0.05) is 6.07 Å². The van der Waals surface area contributed by atoms with Crippen molar-refractivity contribution >= 4 is 29.9 Å². The van der Waals surface area contributed by atoms with Crippen LogP contribution in [0.4, 0.5) is 13.2 Å². The zero-order valence-corrected chi connectivity index (χ0v) is 21.5. The maximum Gasteiger partial charge on any atom is 0.401 e. The van der Waals surface area contributed by atoms with Crippen molar-refractivity contribution in [2.75, 3.05) is 53.0 Å². The molecule has 0 aliphatic carbocycles. The average Bonchev–Trinajstić information content (AvgIpc) is 3.15. The summed E-state index contributed by atoms with van der Waals surface area (Å²) in [7, 11) is 1.63. The van der Waals surface area contributed by atoms with Crippen LogP contribution in [0.1, 0.15) is 32.3 Å². The molecular formula is C22H36F3IN4O2. The maximum absolute atomic E-state index is 12.5. The van der Waals surface area contributed by atoms with Gasteiger partial charge in [0.1, 0.15) is 0 Å². The number of aliphatic imine (C=N–C) groups is 1. The van der Waals surface area contributed by atoms with Gasteiger partial charge in [0.05, 0.1) is 20.3 Å². The van der Waals surface area contributed by atoms with Gasteiger partial charge in [0.15, 0.2) is 17.5 Å². The van der Waals surface area contributed by atoms with E-state index in [4.69, 9.17) is 9.47 Å². The van der Waals surface area contributed by atoms with E-state index in [2.05, 4.69) is 15.6 Å². The maximum atomic E-state index is 12.5. The van der Waals surface area contributed by atoms with Gasteiger partial charge in [-0.2, -0.15) is 13.2 Å². The zero-order valence-electron chi connectivity index (χ0n) is 19.1. The van der Waals surface area contributed by atoms with Crippen LogP contribution in [0.2, 0.25) is 0 Å². The van der Waals surface area contributed by atoms with E-state index >= 15 is 0 Å². The molecule has 0 amide bonds. The molecule has 2 rings (SSSR count). The minimum Gasteiger partial charge on any atom is -0.493 e. The first kappa shape index (κ1) is 28.6. The molecule has 0 aromatic heterocycles. The van der Waals surface area contributed by atoms with Crippen LogP contribution in [0, 0.1) is 5.92 Å². The molecular weight excluding hydrogens is 536 g/mol. The van der Waals surface area contributed by atoms with Crippen LogP contribution in [-0.4, -0.2) is 70.0 Å². The standard InChI is InChI=1S/C22H35F3N4O2.HI/c1-4-26-21(28-14-18-10-12-29(15-18)16-22(23,24)25)27-11-6-7-17-8-9-19(30-3)20(13-17)31-5-2;/h8-9,13,18H,4-7,10-12,14-16H2,1-3H3,(H2,26,27,28);1H. The molecule has 1 aromatic rings. The lowest BCUT2D eigenvalue weighted by molar-refractivity contribution is -0.143. The Balaban J connectivity index is 0.00000512. The average molecular weight is 572 g/mol. The SMILES string of the molecule is CCNC(=NCC1CCN(CC(F)(F)F)C1)NCCCc1ccc(OC)c(OCC)c1.I. The number of methoxy groups -OCH3 is 1. The fourth-order valence-electron chi connectivity index (χ4n) is 3.67. The number of benzene rings is 1. The molecule has 0 spiro atoms. The summed E-state index contributed by atoms with van der Waals surface area (Å²) in [6.45, 7) is 6.61. The third-order valence-corrected chi connectivity index (χ3v) is 5.09. The van der Waals surface area contributed by atoms with E-state index in [9.17, 15) is 13.2 Å². The van der Waals surface area contributed by atoms with Crippen LogP contribution in [0.5, 0.6) is 11.5 Å². The van der Waals surface area contributed by atoms with Gasteiger partial charge in [0.2, 0.25) is 0 Å². The lowest BCUT2D eigenvalue weighted by Crippen LogP contribution is -2.38. The molecule has 1 saturated heterocycles. The van der Waals surface area contributed by atoms with E-state index in [1.54, 1.807) is 7.11 Å². The molecule has 1 atom stereocenters. The highest BCUT2D eigenvalue weighted by Gasteiger charge is 2.34. The van der Waals surface area contributed by atoms with Crippen LogP contribution < -0.4 is 20.1 Å². The van der Waals surface area contributed by atoms with Gasteiger partial charge < -0.3 is 20.1 Å². The van der Waals surface area contributed by atoms with Crippen LogP contribution >= 0.6 is 24.0 Å². The van der Waals surface area contributed by atoms with Crippen LogP contribution in [0.25, 0.3) is 0 Å². The predicted octanol–water partition coefficient (Wildman–Crippen LogP) is 4.08. The van der Waals surface area contributed by atoms with Crippen molar-refractivity contribution in [2.24, 2.45) is 10.9 Å². The third kappa shape index (κ3) is 10.5. The van der Waals surface area contributed by atoms with Crippen molar-refractivity contribution in [1.29, 1.82) is 0 Å². The Bertz CT molecular complexity index is 704. The number of hydrogen-bond acceptors (Lipinski definition) is 4. The number of hydrogen-bond donors (Lipinski definition) is 2. The minimum atomic E-state index is -4.14. The van der Waals surface area contributed by atoms with Crippen molar-refractivity contribution in [3.63, 3.8) is 0 Å². The molecule has 6 nitrogen and oxygen atoms in total. The van der Waals surface area contributed by atoms with Gasteiger partial charge in [-0.15, -0.1) is 24.0 Å². The lowest BCUT2D eigenvalue weighted by atomic mass is 10.1. The van der Waals surface area contributed by atoms with Crippen molar-refractivity contribution < 1.29 is 22.6 Å². The monoisotopic (exact) mass is 572 g/mol. The van der Waals surface area contributed by atoms with Gasteiger partial charge in [0, 0.05) is 26.2 Å². The summed E-state index contributed by atoms with van der Waals surface area (Å²) >= 11 is 0. The zero-order chi connectivity index (χ0) is 22.7. The largest absolute Gasteiger partial charge is 0.493 e. The summed E-state index contributed by atoms with van der Waals surface area (Å²) in [5.41, 5.74) is 1.17. The summed E-state index contributed by atoms with van der Waals surface area (Å²) in [5, 5.41) is 6.52. The van der Waals surface area contributed by atoms with Crippen LogP contribution in [0.15, 0.2) is 23.2 Å². The van der Waals surface area contributed by atoms with Gasteiger partial charge in [0.25, 0.3) is 0 Å². The molecule has 0 saturated carbocycles. The smallest absolute Gasteiger partial charge is 0.401 e. The molecule has 1 aromatic carbocycles. The summed E-state index contributed by atoms with van der Waals surface area (Å²) in [5.74, 6) is 2.35. The van der Waals surface area contributed by atoms with E-state index < -0.39 is 12.7 Å². The Morgan fingerprint density at radius 3 is 2.66 bits per heavy atom. The Morgan fingerprint density at radius 2 is 2.00 bits per heavy atom. The molecule has 1 unspecified atom stereocenters. The first-order valence-corrected chi connectivity index (χ1v) is 11.0. The van der Waals surface area contributed by atoms with E-state index in [-0.39, 0.29) is 29.9 Å². The van der Waals surface area contributed by atoms with Gasteiger partial charge in [-0.25, -0.2) is 0 Å². The van der Waals surface area contributed by atoms with Crippen molar-refractivity contribution in [3.05, 3.63) is 23.8 Å². The first-order chi connectivity index (χ1) is 14.8. The molecule has 1 heterocycles. The van der Waals surface area contributed by atoms with Crippen molar-refractivity contribution in [2.45, 2.75) is 39.3 Å². The van der Waals surface area contributed by atoms with Crippen LogP contribution in [-0.2, 0) is 6.42 Å². The second-order valence-corrected chi connectivity index (χ2v) is 7.67. The highest BCUT2D eigenvalue weighted by Crippen LogP contribution is 2.28.